The summed E-state index contributed by atoms with van der Waals surface area (Å²) >= 11 is 0. The minimum absolute atomic E-state index is 0.0849. The Kier molecular flexibility index (Phi) is 6.04. The van der Waals surface area contributed by atoms with Crippen molar-refractivity contribution in [3.8, 4) is 28.0 Å². The molecule has 0 spiro atoms. The lowest BCUT2D eigenvalue weighted by Gasteiger charge is -2.14. The number of hydrogen-bond acceptors (Lipinski definition) is 3. The maximum Gasteiger partial charge on any atom is 0.387 e. The molecule has 0 radical (unpaired) electrons. The summed E-state index contributed by atoms with van der Waals surface area (Å²) in [6, 6.07) is 19.2. The Balaban J connectivity index is 1.93. The van der Waals surface area contributed by atoms with Crippen LogP contribution in [0.5, 0.6) is 5.75 Å². The number of hydrogen-bond donors (Lipinski definition) is 0. The molecule has 0 saturated heterocycles. The standard InChI is InChI=1S/C23H20F2O3/c1-2-3-15-4-6-16(7-5-15)17-8-10-18(11-9-17)21-14-19(28-23(24)25)12-13-20(21)22(26)27/h4-14,23H,2-3H2,1H3,(H,26,27)/p-1. The molecule has 0 bridgehead atoms. The summed E-state index contributed by atoms with van der Waals surface area (Å²) in [6.07, 6.45) is 2.12. The van der Waals surface area contributed by atoms with E-state index in [2.05, 4.69) is 23.8 Å². The van der Waals surface area contributed by atoms with Gasteiger partial charge in [-0.05, 0) is 52.4 Å². The molecule has 0 fully saturated rings. The highest BCUT2D eigenvalue weighted by Gasteiger charge is 2.11. The van der Waals surface area contributed by atoms with Crippen molar-refractivity contribution in [1.29, 1.82) is 0 Å². The topological polar surface area (TPSA) is 49.4 Å². The minimum atomic E-state index is -2.99. The maximum absolute atomic E-state index is 12.5. The molecule has 0 aliphatic heterocycles. The summed E-state index contributed by atoms with van der Waals surface area (Å²) < 4.78 is 29.3. The molecule has 3 nitrogen and oxygen atoms in total. The Morgan fingerprint density at radius 2 is 1.50 bits per heavy atom. The molecule has 0 heterocycles. The zero-order valence-corrected chi connectivity index (χ0v) is 15.3. The summed E-state index contributed by atoms with van der Waals surface area (Å²) in [5, 5.41) is 11.4. The molecule has 5 heteroatoms. The Morgan fingerprint density at radius 3 is 2.04 bits per heavy atom. The Labute approximate surface area is 162 Å². The molecular formula is C23H19F2O3-. The summed E-state index contributed by atoms with van der Waals surface area (Å²) in [6.45, 7) is -0.853. The van der Waals surface area contributed by atoms with Gasteiger partial charge >= 0.3 is 6.61 Å². The number of carboxylic acids is 1. The molecule has 0 atom stereocenters. The molecule has 3 rings (SSSR count). The highest BCUT2D eigenvalue weighted by Crippen LogP contribution is 2.31. The van der Waals surface area contributed by atoms with Gasteiger partial charge in [-0.25, -0.2) is 0 Å². The first-order valence-corrected chi connectivity index (χ1v) is 8.98. The number of alkyl halides is 2. The van der Waals surface area contributed by atoms with E-state index in [0.29, 0.717) is 5.56 Å². The predicted molar refractivity (Wildman–Crippen MR) is 102 cm³/mol. The molecule has 0 aromatic heterocycles. The summed E-state index contributed by atoms with van der Waals surface area (Å²) in [5.41, 5.74) is 4.05. The van der Waals surface area contributed by atoms with Gasteiger partial charge in [0.15, 0.2) is 0 Å². The first-order chi connectivity index (χ1) is 13.5. The lowest BCUT2D eigenvalue weighted by atomic mass is 9.96. The van der Waals surface area contributed by atoms with Gasteiger partial charge in [0.1, 0.15) is 5.75 Å². The van der Waals surface area contributed by atoms with Crippen LogP contribution in [0.4, 0.5) is 8.78 Å². The number of carbonyl (C=O) groups excluding carboxylic acids is 1. The number of halogens is 2. The molecule has 144 valence electrons. The van der Waals surface area contributed by atoms with Crippen LogP contribution in [0.25, 0.3) is 22.3 Å². The van der Waals surface area contributed by atoms with Gasteiger partial charge in [-0.3, -0.25) is 0 Å². The summed E-state index contributed by atoms with van der Waals surface area (Å²) in [4.78, 5) is 11.4. The van der Waals surface area contributed by atoms with Crippen LogP contribution in [-0.2, 0) is 6.42 Å². The van der Waals surface area contributed by atoms with Crippen molar-refractivity contribution in [1.82, 2.24) is 0 Å². The van der Waals surface area contributed by atoms with Crippen LogP contribution in [0.1, 0.15) is 29.3 Å². The van der Waals surface area contributed by atoms with Gasteiger partial charge in [-0.2, -0.15) is 8.78 Å². The van der Waals surface area contributed by atoms with Crippen LogP contribution in [0.2, 0.25) is 0 Å². The molecule has 0 N–H and O–H groups in total. The number of rotatable bonds is 7. The van der Waals surface area contributed by atoms with Crippen molar-refractivity contribution in [3.63, 3.8) is 0 Å². The molecular weight excluding hydrogens is 362 g/mol. The third-order valence-electron chi connectivity index (χ3n) is 4.46. The molecule has 0 unspecified atom stereocenters. The lowest BCUT2D eigenvalue weighted by Crippen LogP contribution is -2.23. The zero-order chi connectivity index (χ0) is 20.1. The fourth-order valence-electron chi connectivity index (χ4n) is 3.11. The highest BCUT2D eigenvalue weighted by atomic mass is 19.3. The van der Waals surface area contributed by atoms with E-state index in [1.807, 2.05) is 24.3 Å². The largest absolute Gasteiger partial charge is 0.545 e. The second-order valence-corrected chi connectivity index (χ2v) is 6.40. The second kappa shape index (κ2) is 8.65. The van der Waals surface area contributed by atoms with Crippen LogP contribution in [0.15, 0.2) is 66.7 Å². The van der Waals surface area contributed by atoms with E-state index in [-0.39, 0.29) is 16.9 Å². The van der Waals surface area contributed by atoms with Crippen LogP contribution in [-0.4, -0.2) is 12.6 Å². The van der Waals surface area contributed by atoms with Gasteiger partial charge in [0.25, 0.3) is 0 Å². The second-order valence-electron chi connectivity index (χ2n) is 6.40. The van der Waals surface area contributed by atoms with Crippen LogP contribution >= 0.6 is 0 Å². The van der Waals surface area contributed by atoms with Gasteiger partial charge in [0.05, 0.1) is 5.97 Å². The molecule has 28 heavy (non-hydrogen) atoms. The quantitative estimate of drug-likeness (QED) is 0.583. The van der Waals surface area contributed by atoms with E-state index in [1.165, 1.54) is 23.8 Å². The Hall–Kier alpha value is -3.21. The van der Waals surface area contributed by atoms with E-state index < -0.39 is 12.6 Å². The third-order valence-corrected chi connectivity index (χ3v) is 4.46. The van der Waals surface area contributed by atoms with Gasteiger partial charge < -0.3 is 14.6 Å². The van der Waals surface area contributed by atoms with E-state index in [4.69, 9.17) is 0 Å². The van der Waals surface area contributed by atoms with Crippen LogP contribution in [0.3, 0.4) is 0 Å². The predicted octanol–water partition coefficient (Wildman–Crippen LogP) is 4.94. The molecule has 0 aliphatic carbocycles. The number of aryl methyl sites for hydroxylation is 1. The molecule has 3 aromatic carbocycles. The average Bonchev–Trinajstić information content (AvgIpc) is 2.68. The van der Waals surface area contributed by atoms with Crippen molar-refractivity contribution < 1.29 is 23.4 Å². The zero-order valence-electron chi connectivity index (χ0n) is 15.3. The van der Waals surface area contributed by atoms with Crippen molar-refractivity contribution in [3.05, 3.63) is 77.9 Å². The minimum Gasteiger partial charge on any atom is -0.545 e. The molecule has 0 aliphatic rings. The SMILES string of the molecule is CCCc1ccc(-c2ccc(-c3cc(OC(F)F)ccc3C(=O)[O-])cc2)cc1. The number of carboxylic acid groups (broad SMARTS) is 1. The van der Waals surface area contributed by atoms with Crippen LogP contribution < -0.4 is 9.84 Å². The number of benzene rings is 3. The van der Waals surface area contributed by atoms with E-state index in [9.17, 15) is 18.7 Å². The number of ether oxygens (including phenoxy) is 1. The monoisotopic (exact) mass is 381 g/mol. The third kappa shape index (κ3) is 4.55. The molecule has 3 aromatic rings. The Bertz CT molecular complexity index is 949. The van der Waals surface area contributed by atoms with E-state index >= 15 is 0 Å². The average molecular weight is 381 g/mol. The van der Waals surface area contributed by atoms with Crippen molar-refractivity contribution in [2.75, 3.05) is 0 Å². The van der Waals surface area contributed by atoms with Crippen molar-refractivity contribution in [2.24, 2.45) is 0 Å². The first kappa shape index (κ1) is 19.5. The van der Waals surface area contributed by atoms with E-state index in [1.54, 1.807) is 12.1 Å². The first-order valence-electron chi connectivity index (χ1n) is 8.98. The number of carbonyl (C=O) groups is 1. The van der Waals surface area contributed by atoms with Gasteiger partial charge in [0.2, 0.25) is 0 Å². The molecule has 0 saturated carbocycles. The van der Waals surface area contributed by atoms with Crippen molar-refractivity contribution >= 4 is 5.97 Å². The van der Waals surface area contributed by atoms with Gasteiger partial charge in [-0.1, -0.05) is 61.9 Å². The maximum atomic E-state index is 12.5. The summed E-state index contributed by atoms with van der Waals surface area (Å²) in [7, 11) is 0. The van der Waals surface area contributed by atoms with Crippen molar-refractivity contribution in [2.45, 2.75) is 26.4 Å². The van der Waals surface area contributed by atoms with Gasteiger partial charge in [0, 0.05) is 5.56 Å². The van der Waals surface area contributed by atoms with Gasteiger partial charge in [-0.15, -0.1) is 0 Å². The normalized spacial score (nSPS) is 10.9. The van der Waals surface area contributed by atoms with E-state index in [0.717, 1.165) is 24.0 Å². The number of aromatic carboxylic acids is 1. The summed E-state index contributed by atoms with van der Waals surface area (Å²) in [5.74, 6) is -1.49. The smallest absolute Gasteiger partial charge is 0.387 e. The lowest BCUT2D eigenvalue weighted by molar-refractivity contribution is -0.254. The fraction of sp³-hybridized carbons (Fsp3) is 0.174. The molecule has 0 amide bonds. The fourth-order valence-corrected chi connectivity index (χ4v) is 3.11. The van der Waals surface area contributed by atoms with Crippen LogP contribution in [0, 0.1) is 0 Å². The highest BCUT2D eigenvalue weighted by molar-refractivity contribution is 5.95. The Morgan fingerprint density at radius 1 is 0.929 bits per heavy atom.